The standard InChI is InChI=1S/C21H29Br2N5O/c1-28(2)19-8-9-25-21(27-19)26-17-6-4-14(5-7-17)12-24-13-15-10-16(22)11-18(23)20(15)29-3/h8-11,14,17,24H,4-7,12-13H2,1-3H3,(H,25,26,27)/t14-,17+. The van der Waals surface area contributed by atoms with Crippen molar-refractivity contribution in [2.45, 2.75) is 38.3 Å². The van der Waals surface area contributed by atoms with Crippen LogP contribution in [0.5, 0.6) is 5.75 Å². The van der Waals surface area contributed by atoms with Crippen molar-refractivity contribution >= 4 is 43.6 Å². The second-order valence-electron chi connectivity index (χ2n) is 7.71. The van der Waals surface area contributed by atoms with Crippen LogP contribution in [-0.2, 0) is 6.54 Å². The SMILES string of the molecule is COc1c(Br)cc(Br)cc1CNC[C@H]1CC[C@@H](Nc2nccc(N(C)C)n2)CC1. The summed E-state index contributed by atoms with van der Waals surface area (Å²) < 4.78 is 7.56. The van der Waals surface area contributed by atoms with Crippen LogP contribution in [0.4, 0.5) is 11.8 Å². The highest BCUT2D eigenvalue weighted by molar-refractivity contribution is 9.11. The van der Waals surface area contributed by atoms with E-state index in [4.69, 9.17) is 4.74 Å². The lowest BCUT2D eigenvalue weighted by molar-refractivity contribution is 0.322. The second kappa shape index (κ2) is 10.6. The topological polar surface area (TPSA) is 62.3 Å². The van der Waals surface area contributed by atoms with Crippen LogP contribution in [0.25, 0.3) is 0 Å². The highest BCUT2D eigenvalue weighted by atomic mass is 79.9. The fourth-order valence-electron chi connectivity index (χ4n) is 3.75. The van der Waals surface area contributed by atoms with E-state index in [0.29, 0.717) is 12.0 Å². The molecule has 0 saturated heterocycles. The van der Waals surface area contributed by atoms with Gasteiger partial charge in [-0.25, -0.2) is 4.98 Å². The largest absolute Gasteiger partial charge is 0.495 e. The van der Waals surface area contributed by atoms with Crippen molar-refractivity contribution in [3.05, 3.63) is 38.9 Å². The highest BCUT2D eigenvalue weighted by Crippen LogP contribution is 2.33. The maximum atomic E-state index is 5.54. The van der Waals surface area contributed by atoms with Gasteiger partial charge in [-0.3, -0.25) is 0 Å². The maximum Gasteiger partial charge on any atom is 0.224 e. The molecule has 8 heteroatoms. The van der Waals surface area contributed by atoms with Crippen molar-refractivity contribution in [2.24, 2.45) is 5.92 Å². The molecule has 0 amide bonds. The molecule has 0 bridgehead atoms. The number of nitrogens with one attached hydrogen (secondary N) is 2. The van der Waals surface area contributed by atoms with Gasteiger partial charge in [0, 0.05) is 42.9 Å². The van der Waals surface area contributed by atoms with Crippen molar-refractivity contribution in [2.75, 3.05) is 38.0 Å². The Morgan fingerprint density at radius 2 is 1.93 bits per heavy atom. The van der Waals surface area contributed by atoms with E-state index in [1.54, 1.807) is 7.11 Å². The van der Waals surface area contributed by atoms with E-state index in [1.165, 1.54) is 12.8 Å². The summed E-state index contributed by atoms with van der Waals surface area (Å²) in [6, 6.07) is 6.49. The summed E-state index contributed by atoms with van der Waals surface area (Å²) in [5.74, 6) is 3.25. The molecule has 29 heavy (non-hydrogen) atoms. The molecule has 1 saturated carbocycles. The number of rotatable bonds is 8. The summed E-state index contributed by atoms with van der Waals surface area (Å²) in [6.45, 7) is 1.82. The predicted molar refractivity (Wildman–Crippen MR) is 126 cm³/mol. The molecule has 1 fully saturated rings. The van der Waals surface area contributed by atoms with E-state index in [-0.39, 0.29) is 0 Å². The summed E-state index contributed by atoms with van der Waals surface area (Å²) in [6.07, 6.45) is 6.52. The molecule has 0 aliphatic heterocycles. The van der Waals surface area contributed by atoms with E-state index in [9.17, 15) is 0 Å². The lowest BCUT2D eigenvalue weighted by Crippen LogP contribution is -2.31. The van der Waals surface area contributed by atoms with E-state index < -0.39 is 0 Å². The summed E-state index contributed by atoms with van der Waals surface area (Å²) in [7, 11) is 5.70. The number of hydrogen-bond acceptors (Lipinski definition) is 6. The maximum absolute atomic E-state index is 5.54. The van der Waals surface area contributed by atoms with Crippen LogP contribution >= 0.6 is 31.9 Å². The minimum Gasteiger partial charge on any atom is -0.495 e. The Hall–Kier alpha value is -1.38. The molecule has 1 heterocycles. The number of benzene rings is 1. The Morgan fingerprint density at radius 1 is 1.17 bits per heavy atom. The predicted octanol–water partition coefficient (Wildman–Crippen LogP) is 4.84. The Balaban J connectivity index is 1.44. The molecule has 3 rings (SSSR count). The summed E-state index contributed by atoms with van der Waals surface area (Å²) in [5.41, 5.74) is 1.15. The first kappa shape index (κ1) is 22.3. The summed E-state index contributed by atoms with van der Waals surface area (Å²) >= 11 is 7.13. The van der Waals surface area contributed by atoms with Crippen LogP contribution in [0, 0.1) is 5.92 Å². The first-order chi connectivity index (χ1) is 14.0. The fraction of sp³-hybridized carbons (Fsp3) is 0.524. The van der Waals surface area contributed by atoms with Crippen molar-refractivity contribution in [3.8, 4) is 5.75 Å². The number of methoxy groups -OCH3 is 1. The van der Waals surface area contributed by atoms with Crippen LogP contribution in [-0.4, -0.2) is 43.8 Å². The smallest absolute Gasteiger partial charge is 0.224 e. The summed E-state index contributed by atoms with van der Waals surface area (Å²) in [5, 5.41) is 7.12. The van der Waals surface area contributed by atoms with Crippen LogP contribution in [0.15, 0.2) is 33.3 Å². The van der Waals surface area contributed by atoms with Crippen LogP contribution in [0.2, 0.25) is 0 Å². The molecule has 0 unspecified atom stereocenters. The summed E-state index contributed by atoms with van der Waals surface area (Å²) in [4.78, 5) is 10.9. The molecule has 1 aromatic heterocycles. The van der Waals surface area contributed by atoms with Crippen molar-refractivity contribution < 1.29 is 4.74 Å². The van der Waals surface area contributed by atoms with Crippen molar-refractivity contribution in [1.29, 1.82) is 0 Å². The zero-order valence-electron chi connectivity index (χ0n) is 17.2. The van der Waals surface area contributed by atoms with Gasteiger partial charge in [0.15, 0.2) is 0 Å². The first-order valence-electron chi connectivity index (χ1n) is 9.95. The molecule has 2 aromatic rings. The van der Waals surface area contributed by atoms with Crippen molar-refractivity contribution in [3.63, 3.8) is 0 Å². The first-order valence-corrected chi connectivity index (χ1v) is 11.5. The third-order valence-corrected chi connectivity index (χ3v) is 6.36. The fourth-order valence-corrected chi connectivity index (χ4v) is 5.22. The quantitative estimate of drug-likeness (QED) is 0.513. The van der Waals surface area contributed by atoms with Gasteiger partial charge < -0.3 is 20.3 Å². The van der Waals surface area contributed by atoms with Gasteiger partial charge in [0.2, 0.25) is 5.95 Å². The number of hydrogen-bond donors (Lipinski definition) is 2. The molecule has 1 aliphatic rings. The van der Waals surface area contributed by atoms with E-state index in [2.05, 4.69) is 58.5 Å². The van der Waals surface area contributed by atoms with Crippen LogP contribution in [0.3, 0.4) is 0 Å². The highest BCUT2D eigenvalue weighted by Gasteiger charge is 2.22. The lowest BCUT2D eigenvalue weighted by Gasteiger charge is -2.29. The minimum atomic E-state index is 0.449. The number of aromatic nitrogens is 2. The average Bonchev–Trinajstić information content (AvgIpc) is 2.69. The number of halogens is 2. The van der Waals surface area contributed by atoms with Crippen molar-refractivity contribution in [1.82, 2.24) is 15.3 Å². The molecule has 1 aliphatic carbocycles. The monoisotopic (exact) mass is 525 g/mol. The Morgan fingerprint density at radius 3 is 2.62 bits per heavy atom. The average molecular weight is 527 g/mol. The van der Waals surface area contributed by atoms with Gasteiger partial charge >= 0.3 is 0 Å². The third-order valence-electron chi connectivity index (χ3n) is 5.32. The molecule has 1 aromatic carbocycles. The number of anilines is 2. The van der Waals surface area contributed by atoms with Gasteiger partial charge in [-0.2, -0.15) is 4.98 Å². The van der Waals surface area contributed by atoms with E-state index in [1.807, 2.05) is 37.3 Å². The normalized spacial score (nSPS) is 19.1. The molecule has 158 valence electrons. The Bertz CT molecular complexity index is 810. The van der Waals surface area contributed by atoms with E-state index in [0.717, 1.165) is 58.0 Å². The van der Waals surface area contributed by atoms with Crippen LogP contribution in [0.1, 0.15) is 31.2 Å². The molecule has 0 atom stereocenters. The van der Waals surface area contributed by atoms with Gasteiger partial charge in [-0.1, -0.05) is 15.9 Å². The number of nitrogens with zero attached hydrogens (tertiary/aromatic N) is 3. The molecule has 0 spiro atoms. The van der Waals surface area contributed by atoms with E-state index >= 15 is 0 Å². The van der Waals surface area contributed by atoms with Gasteiger partial charge in [-0.05, 0) is 72.3 Å². The van der Waals surface area contributed by atoms with Crippen LogP contribution < -0.4 is 20.3 Å². The van der Waals surface area contributed by atoms with Gasteiger partial charge in [0.05, 0.1) is 11.6 Å². The number of ether oxygens (including phenoxy) is 1. The second-order valence-corrected chi connectivity index (χ2v) is 9.48. The molecule has 0 radical (unpaired) electrons. The van der Waals surface area contributed by atoms with Gasteiger partial charge in [0.1, 0.15) is 11.6 Å². The molecular weight excluding hydrogens is 498 g/mol. The zero-order chi connectivity index (χ0) is 20.8. The molecule has 2 N–H and O–H groups in total. The molecular formula is C21H29Br2N5O. The van der Waals surface area contributed by atoms with Gasteiger partial charge in [-0.15, -0.1) is 0 Å². The lowest BCUT2D eigenvalue weighted by atomic mass is 9.86. The Labute approximate surface area is 190 Å². The Kier molecular flexibility index (Phi) is 8.15. The van der Waals surface area contributed by atoms with Gasteiger partial charge in [0.25, 0.3) is 0 Å². The zero-order valence-corrected chi connectivity index (χ0v) is 20.4. The minimum absolute atomic E-state index is 0.449. The molecule has 6 nitrogen and oxygen atoms in total. The third kappa shape index (κ3) is 6.30.